The summed E-state index contributed by atoms with van der Waals surface area (Å²) in [4.78, 5) is 12.5. The van der Waals surface area contributed by atoms with Crippen molar-refractivity contribution in [3.8, 4) is 17.1 Å². The summed E-state index contributed by atoms with van der Waals surface area (Å²) in [7, 11) is 1.58. The summed E-state index contributed by atoms with van der Waals surface area (Å²) in [6.45, 7) is 3.81. The van der Waals surface area contributed by atoms with E-state index >= 15 is 0 Å². The molecule has 0 unspecified atom stereocenters. The Morgan fingerprint density at radius 2 is 1.96 bits per heavy atom. The number of anilines is 1. The molecule has 0 aliphatic carbocycles. The molecule has 1 aromatic heterocycles. The first-order valence-corrected chi connectivity index (χ1v) is 9.25. The molecule has 1 heterocycles. The predicted octanol–water partition coefficient (Wildman–Crippen LogP) is 3.10. The quantitative estimate of drug-likeness (QED) is 0.502. The van der Waals surface area contributed by atoms with Gasteiger partial charge in [0.1, 0.15) is 5.75 Å². The van der Waals surface area contributed by atoms with Crippen molar-refractivity contribution >= 4 is 23.4 Å². The van der Waals surface area contributed by atoms with Gasteiger partial charge in [0.25, 0.3) is 0 Å². The summed E-state index contributed by atoms with van der Waals surface area (Å²) in [5.74, 6) is 7.21. The predicted molar refractivity (Wildman–Crippen MR) is 107 cm³/mol. The third kappa shape index (κ3) is 4.40. The third-order valence-corrected chi connectivity index (χ3v) is 5.02. The fourth-order valence-corrected chi connectivity index (χ4v) is 3.18. The van der Waals surface area contributed by atoms with Gasteiger partial charge in [-0.1, -0.05) is 47.7 Å². The van der Waals surface area contributed by atoms with Crippen molar-refractivity contribution in [2.75, 3.05) is 18.3 Å². The molecular weight excluding hydrogens is 362 g/mol. The van der Waals surface area contributed by atoms with Crippen LogP contribution in [0.25, 0.3) is 11.4 Å². The van der Waals surface area contributed by atoms with Gasteiger partial charge in [-0.25, -0.2) is 4.68 Å². The Balaban J connectivity index is 1.69. The highest BCUT2D eigenvalue weighted by molar-refractivity contribution is 8.00. The highest BCUT2D eigenvalue weighted by Gasteiger charge is 2.20. The SMILES string of the molecule is COc1cccc(NC(=O)[C@H](C)Sc2nnc(-c3ccc(C)cc3)n2N)c1. The molecule has 3 rings (SSSR count). The number of ether oxygens (including phenoxy) is 1. The molecule has 0 radical (unpaired) electrons. The normalized spacial score (nSPS) is 11.8. The monoisotopic (exact) mass is 383 g/mol. The van der Waals surface area contributed by atoms with Crippen LogP contribution < -0.4 is 15.9 Å². The van der Waals surface area contributed by atoms with Gasteiger partial charge < -0.3 is 15.9 Å². The molecule has 0 saturated heterocycles. The van der Waals surface area contributed by atoms with Crippen molar-refractivity contribution in [3.63, 3.8) is 0 Å². The molecule has 3 aromatic rings. The number of aryl methyl sites for hydroxylation is 1. The van der Waals surface area contributed by atoms with Crippen molar-refractivity contribution in [1.82, 2.24) is 14.9 Å². The topological polar surface area (TPSA) is 95.1 Å². The summed E-state index contributed by atoms with van der Waals surface area (Å²) < 4.78 is 6.57. The van der Waals surface area contributed by atoms with Gasteiger partial charge in [-0.2, -0.15) is 0 Å². The lowest BCUT2D eigenvalue weighted by molar-refractivity contribution is -0.115. The smallest absolute Gasteiger partial charge is 0.237 e. The lowest BCUT2D eigenvalue weighted by Gasteiger charge is -2.12. The zero-order valence-electron chi connectivity index (χ0n) is 15.3. The van der Waals surface area contributed by atoms with Crippen LogP contribution in [-0.2, 0) is 4.79 Å². The molecule has 3 N–H and O–H groups in total. The zero-order valence-corrected chi connectivity index (χ0v) is 16.2. The van der Waals surface area contributed by atoms with Crippen LogP contribution in [-0.4, -0.2) is 33.1 Å². The number of nitrogen functional groups attached to an aromatic ring is 1. The van der Waals surface area contributed by atoms with Gasteiger partial charge in [0.15, 0.2) is 5.82 Å². The van der Waals surface area contributed by atoms with E-state index < -0.39 is 5.25 Å². The van der Waals surface area contributed by atoms with E-state index in [0.717, 1.165) is 11.1 Å². The second-order valence-corrected chi connectivity index (χ2v) is 7.33. The Morgan fingerprint density at radius 1 is 1.22 bits per heavy atom. The van der Waals surface area contributed by atoms with E-state index in [9.17, 15) is 4.79 Å². The zero-order chi connectivity index (χ0) is 19.4. The lowest BCUT2D eigenvalue weighted by Crippen LogP contribution is -2.23. The molecule has 0 spiro atoms. The van der Waals surface area contributed by atoms with E-state index in [2.05, 4.69) is 15.5 Å². The fraction of sp³-hybridized carbons (Fsp3) is 0.211. The summed E-state index contributed by atoms with van der Waals surface area (Å²) in [6.07, 6.45) is 0. The van der Waals surface area contributed by atoms with E-state index in [1.54, 1.807) is 26.2 Å². The summed E-state index contributed by atoms with van der Waals surface area (Å²) >= 11 is 1.25. The Labute approximate surface area is 161 Å². The van der Waals surface area contributed by atoms with Gasteiger partial charge in [-0.05, 0) is 26.0 Å². The maximum Gasteiger partial charge on any atom is 0.237 e. The minimum absolute atomic E-state index is 0.159. The first-order chi connectivity index (χ1) is 13.0. The number of thioether (sulfide) groups is 1. The van der Waals surface area contributed by atoms with Crippen molar-refractivity contribution in [3.05, 3.63) is 54.1 Å². The van der Waals surface area contributed by atoms with Gasteiger partial charge in [-0.3, -0.25) is 4.79 Å². The van der Waals surface area contributed by atoms with Gasteiger partial charge in [0.2, 0.25) is 11.1 Å². The number of carbonyl (C=O) groups is 1. The number of methoxy groups -OCH3 is 1. The molecule has 0 bridgehead atoms. The molecule has 0 aliphatic rings. The molecule has 0 aliphatic heterocycles. The van der Waals surface area contributed by atoms with Crippen molar-refractivity contribution in [2.24, 2.45) is 0 Å². The highest BCUT2D eigenvalue weighted by Crippen LogP contribution is 2.26. The first kappa shape index (κ1) is 18.8. The van der Waals surface area contributed by atoms with Crippen LogP contribution in [0.2, 0.25) is 0 Å². The van der Waals surface area contributed by atoms with Crippen molar-refractivity contribution < 1.29 is 9.53 Å². The average Bonchev–Trinajstić information content (AvgIpc) is 3.03. The second kappa shape index (κ2) is 8.13. The number of amides is 1. The van der Waals surface area contributed by atoms with E-state index in [0.29, 0.717) is 22.4 Å². The molecule has 7 nitrogen and oxygen atoms in total. The molecule has 2 aromatic carbocycles. The van der Waals surface area contributed by atoms with Crippen LogP contribution in [0.1, 0.15) is 12.5 Å². The molecule has 8 heteroatoms. The Kier molecular flexibility index (Phi) is 5.66. The molecule has 27 heavy (non-hydrogen) atoms. The average molecular weight is 383 g/mol. The van der Waals surface area contributed by atoms with E-state index in [-0.39, 0.29) is 5.91 Å². The number of benzene rings is 2. The minimum Gasteiger partial charge on any atom is -0.497 e. The fourth-order valence-electron chi connectivity index (χ4n) is 2.41. The van der Waals surface area contributed by atoms with Crippen LogP contribution in [0.4, 0.5) is 5.69 Å². The standard InChI is InChI=1S/C19H21N5O2S/c1-12-7-9-14(10-8-12)17-22-23-19(24(17)20)27-13(2)18(25)21-15-5-4-6-16(11-15)26-3/h4-11,13H,20H2,1-3H3,(H,21,25)/t13-/m0/s1. The van der Waals surface area contributed by atoms with E-state index in [1.165, 1.54) is 16.4 Å². The molecular formula is C19H21N5O2S. The number of hydrogen-bond donors (Lipinski definition) is 2. The number of hydrogen-bond acceptors (Lipinski definition) is 6. The van der Waals surface area contributed by atoms with Crippen LogP contribution in [0.3, 0.4) is 0 Å². The van der Waals surface area contributed by atoms with Crippen LogP contribution >= 0.6 is 11.8 Å². The summed E-state index contributed by atoms with van der Waals surface area (Å²) in [5.41, 5.74) is 2.69. The number of carbonyl (C=O) groups excluding carboxylic acids is 1. The first-order valence-electron chi connectivity index (χ1n) is 8.37. The summed E-state index contributed by atoms with van der Waals surface area (Å²) in [5, 5.41) is 11.2. The Morgan fingerprint density at radius 3 is 2.67 bits per heavy atom. The highest BCUT2D eigenvalue weighted by atomic mass is 32.2. The Bertz CT molecular complexity index is 940. The largest absolute Gasteiger partial charge is 0.497 e. The van der Waals surface area contributed by atoms with Gasteiger partial charge in [0, 0.05) is 17.3 Å². The molecule has 0 fully saturated rings. The summed E-state index contributed by atoms with van der Waals surface area (Å²) in [6, 6.07) is 15.1. The van der Waals surface area contributed by atoms with Crippen LogP contribution in [0.15, 0.2) is 53.7 Å². The van der Waals surface area contributed by atoms with Crippen LogP contribution in [0.5, 0.6) is 5.75 Å². The van der Waals surface area contributed by atoms with Crippen LogP contribution in [0, 0.1) is 6.92 Å². The van der Waals surface area contributed by atoms with Crippen molar-refractivity contribution in [2.45, 2.75) is 24.3 Å². The van der Waals surface area contributed by atoms with Crippen molar-refractivity contribution in [1.29, 1.82) is 0 Å². The number of nitrogens with one attached hydrogen (secondary N) is 1. The second-order valence-electron chi connectivity index (χ2n) is 6.02. The van der Waals surface area contributed by atoms with Gasteiger partial charge >= 0.3 is 0 Å². The molecule has 140 valence electrons. The lowest BCUT2D eigenvalue weighted by atomic mass is 10.1. The molecule has 0 saturated carbocycles. The van der Waals surface area contributed by atoms with E-state index in [1.807, 2.05) is 43.3 Å². The third-order valence-electron chi connectivity index (χ3n) is 3.96. The number of rotatable bonds is 6. The minimum atomic E-state index is -0.409. The number of aromatic nitrogens is 3. The number of nitrogens with zero attached hydrogens (tertiary/aromatic N) is 3. The van der Waals surface area contributed by atoms with Gasteiger partial charge in [0.05, 0.1) is 12.4 Å². The molecule has 1 amide bonds. The van der Waals surface area contributed by atoms with E-state index in [4.69, 9.17) is 10.6 Å². The number of nitrogens with two attached hydrogens (primary N) is 1. The van der Waals surface area contributed by atoms with Gasteiger partial charge in [-0.15, -0.1) is 10.2 Å². The Hall–Kier alpha value is -3.00. The maximum atomic E-state index is 12.5. The maximum absolute atomic E-state index is 12.5. The molecule has 1 atom stereocenters.